The van der Waals surface area contributed by atoms with Gasteiger partial charge >= 0.3 is 17.9 Å². The minimum atomic E-state index is -0.787. The van der Waals surface area contributed by atoms with Crippen LogP contribution in [0.1, 0.15) is 374 Å². The Bertz CT molecular complexity index is 1430. The van der Waals surface area contributed by atoms with E-state index in [2.05, 4.69) is 81.5 Å². The van der Waals surface area contributed by atoms with E-state index >= 15 is 0 Å². The zero-order valence-electron chi connectivity index (χ0n) is 53.6. The molecule has 0 aromatic heterocycles. The Morgan fingerprint density at radius 1 is 0.263 bits per heavy atom. The molecule has 80 heavy (non-hydrogen) atoms. The maximum Gasteiger partial charge on any atom is 0.306 e. The molecule has 0 aliphatic carbocycles. The number of carbonyl (C=O) groups excluding carboxylic acids is 3. The van der Waals surface area contributed by atoms with Gasteiger partial charge in [-0.2, -0.15) is 0 Å². The van der Waals surface area contributed by atoms with Crippen LogP contribution in [0.5, 0.6) is 0 Å². The van der Waals surface area contributed by atoms with E-state index in [0.29, 0.717) is 19.3 Å². The zero-order valence-corrected chi connectivity index (χ0v) is 53.6. The molecule has 0 amide bonds. The van der Waals surface area contributed by atoms with Crippen LogP contribution < -0.4 is 0 Å². The molecule has 0 aliphatic rings. The highest BCUT2D eigenvalue weighted by Gasteiger charge is 2.19. The van der Waals surface area contributed by atoms with Gasteiger partial charge in [-0.05, 0) is 64.2 Å². The van der Waals surface area contributed by atoms with Gasteiger partial charge in [0.25, 0.3) is 0 Å². The van der Waals surface area contributed by atoms with Gasteiger partial charge in [0.05, 0.1) is 0 Å². The largest absolute Gasteiger partial charge is 0.462 e. The van der Waals surface area contributed by atoms with Crippen molar-refractivity contribution in [3.05, 3.63) is 60.8 Å². The second-order valence-electron chi connectivity index (χ2n) is 23.8. The third-order valence-electron chi connectivity index (χ3n) is 15.8. The molecule has 0 heterocycles. The fourth-order valence-electron chi connectivity index (χ4n) is 10.5. The first-order valence-corrected chi connectivity index (χ1v) is 35.3. The van der Waals surface area contributed by atoms with Crippen molar-refractivity contribution >= 4 is 17.9 Å². The van der Waals surface area contributed by atoms with E-state index in [9.17, 15) is 14.4 Å². The van der Waals surface area contributed by atoms with E-state index in [4.69, 9.17) is 14.2 Å². The van der Waals surface area contributed by atoms with Crippen LogP contribution in [-0.2, 0) is 28.6 Å². The number of carbonyl (C=O) groups is 3. The van der Waals surface area contributed by atoms with Crippen LogP contribution in [0, 0.1) is 0 Å². The summed E-state index contributed by atoms with van der Waals surface area (Å²) in [6, 6.07) is 0. The Morgan fingerprint density at radius 3 is 0.762 bits per heavy atom. The van der Waals surface area contributed by atoms with E-state index in [1.54, 1.807) is 0 Å². The van der Waals surface area contributed by atoms with E-state index in [1.165, 1.54) is 238 Å². The van der Waals surface area contributed by atoms with Gasteiger partial charge in [-0.15, -0.1) is 0 Å². The number of unbranched alkanes of at least 4 members (excludes halogenated alkanes) is 44. The first-order chi connectivity index (χ1) is 39.5. The van der Waals surface area contributed by atoms with Crippen molar-refractivity contribution in [2.24, 2.45) is 0 Å². The Morgan fingerprint density at radius 2 is 0.487 bits per heavy atom. The number of esters is 3. The van der Waals surface area contributed by atoms with Crippen molar-refractivity contribution in [2.45, 2.75) is 380 Å². The van der Waals surface area contributed by atoms with Crippen LogP contribution in [0.3, 0.4) is 0 Å². The summed E-state index contributed by atoms with van der Waals surface area (Å²) in [6.45, 7) is 6.57. The summed E-state index contributed by atoms with van der Waals surface area (Å²) >= 11 is 0. The second kappa shape index (κ2) is 68.6. The van der Waals surface area contributed by atoms with Crippen LogP contribution in [0.25, 0.3) is 0 Å². The van der Waals surface area contributed by atoms with Gasteiger partial charge in [-0.1, -0.05) is 351 Å². The topological polar surface area (TPSA) is 78.9 Å². The normalized spacial score (nSPS) is 12.4. The molecular formula is C74H134O6. The lowest BCUT2D eigenvalue weighted by molar-refractivity contribution is -0.167. The van der Waals surface area contributed by atoms with Crippen LogP contribution in [0.4, 0.5) is 0 Å². The molecule has 6 nitrogen and oxygen atoms in total. The van der Waals surface area contributed by atoms with E-state index in [-0.39, 0.29) is 31.1 Å². The number of hydrogen-bond acceptors (Lipinski definition) is 6. The fourth-order valence-corrected chi connectivity index (χ4v) is 10.5. The minimum absolute atomic E-state index is 0.0796. The van der Waals surface area contributed by atoms with E-state index < -0.39 is 6.10 Å². The lowest BCUT2D eigenvalue weighted by Gasteiger charge is -2.18. The molecule has 0 saturated heterocycles. The summed E-state index contributed by atoms with van der Waals surface area (Å²) in [6.07, 6.45) is 88.2. The van der Waals surface area contributed by atoms with Crippen LogP contribution in [0.2, 0.25) is 0 Å². The predicted molar refractivity (Wildman–Crippen MR) is 348 cm³/mol. The Balaban J connectivity index is 4.36. The number of rotatable bonds is 65. The molecule has 0 rings (SSSR count). The highest BCUT2D eigenvalue weighted by atomic mass is 16.6. The molecule has 1 unspecified atom stereocenters. The van der Waals surface area contributed by atoms with Crippen molar-refractivity contribution in [1.82, 2.24) is 0 Å². The molecule has 466 valence electrons. The molecule has 0 N–H and O–H groups in total. The van der Waals surface area contributed by atoms with E-state index in [0.717, 1.165) is 96.3 Å². The Kier molecular flexibility index (Phi) is 66.1. The summed E-state index contributed by atoms with van der Waals surface area (Å²) in [7, 11) is 0. The van der Waals surface area contributed by atoms with Gasteiger partial charge in [0, 0.05) is 19.3 Å². The molecule has 0 spiro atoms. The molecule has 6 heteroatoms. The van der Waals surface area contributed by atoms with Gasteiger partial charge in [0.1, 0.15) is 13.2 Å². The van der Waals surface area contributed by atoms with Gasteiger partial charge in [0.2, 0.25) is 0 Å². The highest BCUT2D eigenvalue weighted by Crippen LogP contribution is 2.19. The van der Waals surface area contributed by atoms with Crippen LogP contribution in [-0.4, -0.2) is 37.2 Å². The zero-order chi connectivity index (χ0) is 57.8. The quantitative estimate of drug-likeness (QED) is 0.0261. The molecular weight excluding hydrogens is 985 g/mol. The fraction of sp³-hybridized carbons (Fsp3) is 0.824. The number of hydrogen-bond donors (Lipinski definition) is 0. The van der Waals surface area contributed by atoms with Gasteiger partial charge < -0.3 is 14.2 Å². The summed E-state index contributed by atoms with van der Waals surface area (Å²) in [5.41, 5.74) is 0. The minimum Gasteiger partial charge on any atom is -0.462 e. The van der Waals surface area contributed by atoms with Crippen LogP contribution in [0.15, 0.2) is 60.8 Å². The summed E-state index contributed by atoms with van der Waals surface area (Å²) < 4.78 is 17.0. The Hall–Kier alpha value is -2.89. The van der Waals surface area contributed by atoms with Crippen molar-refractivity contribution in [3.63, 3.8) is 0 Å². The van der Waals surface area contributed by atoms with Crippen molar-refractivity contribution in [1.29, 1.82) is 0 Å². The molecule has 0 aromatic rings. The Labute approximate surface area is 498 Å². The first-order valence-electron chi connectivity index (χ1n) is 35.3. The molecule has 0 aromatic carbocycles. The molecule has 0 bridgehead atoms. The van der Waals surface area contributed by atoms with Crippen LogP contribution >= 0.6 is 0 Å². The number of allylic oxidation sites excluding steroid dienone is 10. The third kappa shape index (κ3) is 65.9. The number of ether oxygens (including phenoxy) is 3. The highest BCUT2D eigenvalue weighted by molar-refractivity contribution is 5.71. The average molecular weight is 1120 g/mol. The lowest BCUT2D eigenvalue weighted by Crippen LogP contribution is -2.30. The first kappa shape index (κ1) is 77.1. The molecule has 0 fully saturated rings. The molecule has 0 aliphatic heterocycles. The summed E-state index contributed by atoms with van der Waals surface area (Å²) in [5.74, 6) is -0.886. The van der Waals surface area contributed by atoms with Crippen molar-refractivity contribution in [3.8, 4) is 0 Å². The third-order valence-corrected chi connectivity index (χ3v) is 15.8. The SMILES string of the molecule is CC/C=C\C/C=C\C/C=C\C/C=C\C/C=C\CCCCCC(=O)OCC(COC(=O)CCCCCCCCCCCCCCCCCCCCCCCC)OC(=O)CCCCCCCCCCCCCCCCCCCCCCC. The predicted octanol–water partition coefficient (Wildman–Crippen LogP) is 24.3. The van der Waals surface area contributed by atoms with E-state index in [1.807, 2.05) is 0 Å². The van der Waals surface area contributed by atoms with Crippen molar-refractivity contribution < 1.29 is 28.6 Å². The molecule has 1 atom stereocenters. The average Bonchev–Trinajstić information content (AvgIpc) is 3.46. The summed E-state index contributed by atoms with van der Waals surface area (Å²) in [4.78, 5) is 38.5. The van der Waals surface area contributed by atoms with Gasteiger partial charge in [0.15, 0.2) is 6.10 Å². The van der Waals surface area contributed by atoms with Gasteiger partial charge in [-0.25, -0.2) is 0 Å². The van der Waals surface area contributed by atoms with Crippen molar-refractivity contribution in [2.75, 3.05) is 13.2 Å². The maximum atomic E-state index is 13.0. The monoisotopic (exact) mass is 1120 g/mol. The lowest BCUT2D eigenvalue weighted by atomic mass is 10.0. The maximum absolute atomic E-state index is 13.0. The molecule has 0 radical (unpaired) electrons. The van der Waals surface area contributed by atoms with Gasteiger partial charge in [-0.3, -0.25) is 14.4 Å². The summed E-state index contributed by atoms with van der Waals surface area (Å²) in [5, 5.41) is 0. The standard InChI is InChI=1S/C74H134O6/c1-4-7-10-13-16-19-22-25-28-31-34-36-38-40-43-46-49-52-55-58-61-64-67-73(76)79-70-71(69-78-72(75)66-63-60-57-54-51-48-45-42-39-33-30-27-24-21-18-15-12-9-6-3)80-74(77)68-65-62-59-56-53-50-47-44-41-37-35-32-29-26-23-20-17-14-11-8-5-2/h9,12,18,21,27,30,39,42,48,51,71H,4-8,10-11,13-17,19-20,22-26,28-29,31-38,40-41,43-47,49-50,52-70H2,1-3H3/b12-9-,21-18-,30-27-,42-39-,51-48-. The molecule has 0 saturated carbocycles. The smallest absolute Gasteiger partial charge is 0.306 e. The second-order valence-corrected chi connectivity index (χ2v) is 23.8.